The van der Waals surface area contributed by atoms with Gasteiger partial charge in [0.2, 0.25) is 5.95 Å². The third kappa shape index (κ3) is 3.50. The van der Waals surface area contributed by atoms with Crippen molar-refractivity contribution >= 4 is 17.9 Å². The molecule has 2 rings (SSSR count). The summed E-state index contributed by atoms with van der Waals surface area (Å²) < 4.78 is 0. The van der Waals surface area contributed by atoms with Gasteiger partial charge in [-0.2, -0.15) is 5.10 Å². The van der Waals surface area contributed by atoms with Crippen LogP contribution in [0.5, 0.6) is 0 Å². The predicted octanol–water partition coefficient (Wildman–Crippen LogP) is 1.74. The highest BCUT2D eigenvalue weighted by atomic mass is 16.6. The molecule has 1 aromatic carbocycles. The number of aromatic nitrogens is 2. The number of aromatic amines is 1. The van der Waals surface area contributed by atoms with Crippen molar-refractivity contribution in [3.05, 3.63) is 61.6 Å². The number of hydrogen-bond acceptors (Lipinski definition) is 6. The van der Waals surface area contributed by atoms with Crippen LogP contribution < -0.4 is 11.0 Å². The molecule has 0 spiro atoms. The molecule has 0 amide bonds. The quantitative estimate of drug-likeness (QED) is 0.505. The molecule has 8 nitrogen and oxygen atoms in total. The molecule has 0 fully saturated rings. The first-order valence-electron chi connectivity index (χ1n) is 6.08. The number of nitro groups is 1. The molecule has 0 radical (unpaired) electrons. The van der Waals surface area contributed by atoms with Gasteiger partial charge < -0.3 is 0 Å². The molecular formula is C13H13N5O3. The Morgan fingerprint density at radius 3 is 2.57 bits per heavy atom. The molecule has 0 aliphatic heterocycles. The van der Waals surface area contributed by atoms with Gasteiger partial charge in [0, 0.05) is 23.4 Å². The van der Waals surface area contributed by atoms with Crippen LogP contribution in [0.25, 0.3) is 0 Å². The maximum absolute atomic E-state index is 11.5. The van der Waals surface area contributed by atoms with Gasteiger partial charge >= 0.3 is 0 Å². The van der Waals surface area contributed by atoms with Crippen molar-refractivity contribution < 1.29 is 4.92 Å². The molecule has 0 bridgehead atoms. The lowest BCUT2D eigenvalue weighted by Gasteiger charge is -2.02. The van der Waals surface area contributed by atoms with E-state index < -0.39 is 4.92 Å². The summed E-state index contributed by atoms with van der Waals surface area (Å²) in [6.45, 7) is 3.42. The normalized spacial score (nSPS) is 10.8. The number of hydrazone groups is 1. The second-order valence-corrected chi connectivity index (χ2v) is 4.34. The molecule has 0 atom stereocenters. The highest BCUT2D eigenvalue weighted by Crippen LogP contribution is 2.10. The Kier molecular flexibility index (Phi) is 4.07. The van der Waals surface area contributed by atoms with E-state index in [9.17, 15) is 14.9 Å². The van der Waals surface area contributed by atoms with Crippen LogP contribution in [0, 0.1) is 24.0 Å². The van der Waals surface area contributed by atoms with Crippen LogP contribution in [-0.2, 0) is 0 Å². The van der Waals surface area contributed by atoms with Crippen molar-refractivity contribution in [3.63, 3.8) is 0 Å². The highest BCUT2D eigenvalue weighted by molar-refractivity contribution is 5.80. The molecule has 0 saturated carbocycles. The Morgan fingerprint density at radius 1 is 1.33 bits per heavy atom. The van der Waals surface area contributed by atoms with Crippen molar-refractivity contribution in [2.24, 2.45) is 5.10 Å². The monoisotopic (exact) mass is 287 g/mol. The summed E-state index contributed by atoms with van der Waals surface area (Å²) in [5.74, 6) is 0.237. The molecule has 0 saturated heterocycles. The third-order valence-electron chi connectivity index (χ3n) is 2.88. The topological polar surface area (TPSA) is 113 Å². The lowest BCUT2D eigenvalue weighted by Crippen LogP contribution is -2.15. The van der Waals surface area contributed by atoms with E-state index >= 15 is 0 Å². The van der Waals surface area contributed by atoms with Crippen LogP contribution in [0.15, 0.2) is 34.2 Å². The average Bonchev–Trinajstić information content (AvgIpc) is 2.45. The molecule has 0 aliphatic carbocycles. The third-order valence-corrected chi connectivity index (χ3v) is 2.88. The molecule has 0 unspecified atom stereocenters. The van der Waals surface area contributed by atoms with Crippen LogP contribution in [0.3, 0.4) is 0 Å². The van der Waals surface area contributed by atoms with Crippen molar-refractivity contribution in [2.75, 3.05) is 5.43 Å². The van der Waals surface area contributed by atoms with Gasteiger partial charge in [0.25, 0.3) is 11.2 Å². The van der Waals surface area contributed by atoms with E-state index in [1.165, 1.54) is 18.3 Å². The van der Waals surface area contributed by atoms with Crippen LogP contribution in [-0.4, -0.2) is 21.1 Å². The van der Waals surface area contributed by atoms with Crippen molar-refractivity contribution in [1.82, 2.24) is 9.97 Å². The number of non-ortho nitro benzene ring substituents is 1. The Morgan fingerprint density at radius 2 is 2.00 bits per heavy atom. The number of rotatable bonds is 4. The van der Waals surface area contributed by atoms with Crippen molar-refractivity contribution in [2.45, 2.75) is 13.8 Å². The van der Waals surface area contributed by atoms with Gasteiger partial charge in [0.1, 0.15) is 0 Å². The van der Waals surface area contributed by atoms with Gasteiger partial charge in [-0.1, -0.05) is 0 Å². The summed E-state index contributed by atoms with van der Waals surface area (Å²) in [6, 6.07) is 5.91. The molecule has 1 aromatic heterocycles. The van der Waals surface area contributed by atoms with E-state index in [0.29, 0.717) is 16.8 Å². The second kappa shape index (κ2) is 5.95. The van der Waals surface area contributed by atoms with Gasteiger partial charge in [-0.05, 0) is 31.5 Å². The molecule has 2 N–H and O–H groups in total. The zero-order valence-corrected chi connectivity index (χ0v) is 11.5. The summed E-state index contributed by atoms with van der Waals surface area (Å²) in [5.41, 5.74) is 4.25. The number of H-pyrrole nitrogens is 1. The Bertz CT molecular complexity index is 749. The fraction of sp³-hybridized carbons (Fsp3) is 0.154. The van der Waals surface area contributed by atoms with Crippen LogP contribution in [0.1, 0.15) is 16.8 Å². The number of nitrogens with one attached hydrogen (secondary N) is 2. The molecule has 1 heterocycles. The fourth-order valence-electron chi connectivity index (χ4n) is 1.55. The van der Waals surface area contributed by atoms with Crippen LogP contribution >= 0.6 is 0 Å². The highest BCUT2D eigenvalue weighted by Gasteiger charge is 2.03. The standard InChI is InChI=1S/C13H13N5O3/c1-8-9(2)15-13(16-12(8)19)17-14-7-10-3-5-11(6-4-10)18(20)21/h3-7H,1-2H3,(H2,15,16,17,19)/b14-7-. The van der Waals surface area contributed by atoms with E-state index in [1.807, 2.05) is 0 Å². The Balaban J connectivity index is 2.09. The minimum absolute atomic E-state index is 0.0141. The largest absolute Gasteiger partial charge is 0.291 e. The molecule has 21 heavy (non-hydrogen) atoms. The van der Waals surface area contributed by atoms with Crippen molar-refractivity contribution in [1.29, 1.82) is 0 Å². The summed E-state index contributed by atoms with van der Waals surface area (Å²) in [6.07, 6.45) is 1.47. The molecule has 108 valence electrons. The maximum atomic E-state index is 11.5. The van der Waals surface area contributed by atoms with Gasteiger partial charge in [0.15, 0.2) is 0 Å². The van der Waals surface area contributed by atoms with Gasteiger partial charge in [-0.3, -0.25) is 19.9 Å². The summed E-state index contributed by atoms with van der Waals surface area (Å²) in [4.78, 5) is 28.3. The van der Waals surface area contributed by atoms with E-state index in [0.717, 1.165) is 0 Å². The first kappa shape index (κ1) is 14.4. The van der Waals surface area contributed by atoms with E-state index in [4.69, 9.17) is 0 Å². The zero-order chi connectivity index (χ0) is 15.4. The first-order valence-corrected chi connectivity index (χ1v) is 6.08. The smallest absolute Gasteiger partial charge is 0.269 e. The number of aryl methyl sites for hydroxylation is 1. The molecule has 0 aliphatic rings. The molecule has 8 heteroatoms. The number of benzene rings is 1. The SMILES string of the molecule is Cc1nc(N/N=C\c2ccc([N+](=O)[O-])cc2)[nH]c(=O)c1C. The van der Waals surface area contributed by atoms with Crippen molar-refractivity contribution in [3.8, 4) is 0 Å². The average molecular weight is 287 g/mol. The number of hydrogen-bond donors (Lipinski definition) is 2. The summed E-state index contributed by atoms with van der Waals surface area (Å²) in [7, 11) is 0. The number of nitrogens with zero attached hydrogens (tertiary/aromatic N) is 3. The molecular weight excluding hydrogens is 274 g/mol. The summed E-state index contributed by atoms with van der Waals surface area (Å²) in [5, 5.41) is 14.4. The fourth-order valence-corrected chi connectivity index (χ4v) is 1.55. The van der Waals surface area contributed by atoms with E-state index in [2.05, 4.69) is 20.5 Å². The second-order valence-electron chi connectivity index (χ2n) is 4.34. The first-order chi connectivity index (χ1) is 9.97. The van der Waals surface area contributed by atoms with E-state index in [-0.39, 0.29) is 17.2 Å². The zero-order valence-electron chi connectivity index (χ0n) is 11.5. The summed E-state index contributed by atoms with van der Waals surface area (Å²) >= 11 is 0. The van der Waals surface area contributed by atoms with E-state index in [1.54, 1.807) is 26.0 Å². The Hall–Kier alpha value is -3.03. The maximum Gasteiger partial charge on any atom is 0.269 e. The minimum atomic E-state index is -0.469. The lowest BCUT2D eigenvalue weighted by atomic mass is 10.2. The van der Waals surface area contributed by atoms with Crippen LogP contribution in [0.4, 0.5) is 11.6 Å². The van der Waals surface area contributed by atoms with Crippen LogP contribution in [0.2, 0.25) is 0 Å². The van der Waals surface area contributed by atoms with Gasteiger partial charge in [0.05, 0.1) is 11.1 Å². The number of nitro benzene ring substituents is 1. The van der Waals surface area contributed by atoms with Gasteiger partial charge in [-0.15, -0.1) is 0 Å². The number of anilines is 1. The lowest BCUT2D eigenvalue weighted by molar-refractivity contribution is -0.384. The minimum Gasteiger partial charge on any atom is -0.291 e. The van der Waals surface area contributed by atoms with Gasteiger partial charge in [-0.25, -0.2) is 10.4 Å². The molecule has 2 aromatic rings. The predicted molar refractivity (Wildman–Crippen MR) is 78.6 cm³/mol. The Labute approximate surface area is 119 Å².